The van der Waals surface area contributed by atoms with Crippen molar-refractivity contribution in [2.24, 2.45) is 0 Å². The predicted octanol–water partition coefficient (Wildman–Crippen LogP) is 4.15. The maximum absolute atomic E-state index is 13.3. The average Bonchev–Trinajstić information content (AvgIpc) is 2.58. The molecule has 1 aromatic rings. The van der Waals surface area contributed by atoms with E-state index < -0.39 is 7.60 Å². The van der Waals surface area contributed by atoms with Crippen LogP contribution in [0.4, 0.5) is 0 Å². The van der Waals surface area contributed by atoms with Crippen molar-refractivity contribution in [1.82, 2.24) is 9.80 Å². The molecular weight excluding hydrogens is 349 g/mol. The van der Waals surface area contributed by atoms with Crippen LogP contribution in [0.15, 0.2) is 47.5 Å². The van der Waals surface area contributed by atoms with Gasteiger partial charge in [-0.3, -0.25) is 4.57 Å². The summed E-state index contributed by atoms with van der Waals surface area (Å²) in [5.74, 6) is 0.844. The highest BCUT2D eigenvalue weighted by molar-refractivity contribution is 7.59. The molecule has 1 rings (SSSR count). The third-order valence-corrected chi connectivity index (χ3v) is 5.59. The standard InChI is InChI=1S/C19H28N3O3P/c1-7-24-26(23,25-8-2)18(15-20)17(16-12-10-9-11-13-16)14-19(21(3)4)22(5)6/h9-14H,7-8H2,1-6H3/b18-17+. The molecule has 0 aromatic heterocycles. The van der Waals surface area contributed by atoms with E-state index in [1.54, 1.807) is 13.8 Å². The van der Waals surface area contributed by atoms with Gasteiger partial charge in [0.1, 0.15) is 17.2 Å². The van der Waals surface area contributed by atoms with Gasteiger partial charge in [-0.05, 0) is 25.5 Å². The van der Waals surface area contributed by atoms with Crippen LogP contribution in [0.5, 0.6) is 0 Å². The molecule has 0 radical (unpaired) electrons. The van der Waals surface area contributed by atoms with Crippen LogP contribution in [0.1, 0.15) is 19.4 Å². The number of hydrogen-bond donors (Lipinski definition) is 0. The monoisotopic (exact) mass is 377 g/mol. The lowest BCUT2D eigenvalue weighted by Gasteiger charge is -2.26. The zero-order valence-corrected chi connectivity index (χ0v) is 17.3. The summed E-state index contributed by atoms with van der Waals surface area (Å²) >= 11 is 0. The highest BCUT2D eigenvalue weighted by Crippen LogP contribution is 2.58. The van der Waals surface area contributed by atoms with Gasteiger partial charge in [-0.2, -0.15) is 5.26 Å². The largest absolute Gasteiger partial charge is 0.372 e. The van der Waals surface area contributed by atoms with Gasteiger partial charge in [0, 0.05) is 33.8 Å². The maximum atomic E-state index is 13.3. The van der Waals surface area contributed by atoms with E-state index in [9.17, 15) is 9.83 Å². The Hall–Kier alpha value is -2.06. The van der Waals surface area contributed by atoms with E-state index in [1.807, 2.05) is 74.4 Å². The molecule has 1 aromatic carbocycles. The highest BCUT2D eigenvalue weighted by Gasteiger charge is 2.33. The first-order chi connectivity index (χ1) is 12.3. The number of hydrogen-bond acceptors (Lipinski definition) is 6. The van der Waals surface area contributed by atoms with Gasteiger partial charge in [-0.1, -0.05) is 30.3 Å². The summed E-state index contributed by atoms with van der Waals surface area (Å²) in [6.07, 6.45) is 1.83. The summed E-state index contributed by atoms with van der Waals surface area (Å²) in [6.45, 7) is 3.82. The molecular formula is C19H28N3O3P. The summed E-state index contributed by atoms with van der Waals surface area (Å²) in [6, 6.07) is 11.4. The zero-order valence-electron chi connectivity index (χ0n) is 16.4. The second kappa shape index (κ2) is 10.2. The molecule has 0 fully saturated rings. The minimum Gasteiger partial charge on any atom is -0.364 e. The van der Waals surface area contributed by atoms with Gasteiger partial charge in [0.05, 0.1) is 13.2 Å². The second-order valence-corrected chi connectivity index (χ2v) is 7.82. The lowest BCUT2D eigenvalue weighted by molar-refractivity contribution is 0.227. The van der Waals surface area contributed by atoms with E-state index >= 15 is 0 Å². The van der Waals surface area contributed by atoms with Crippen LogP contribution < -0.4 is 0 Å². The summed E-state index contributed by atoms with van der Waals surface area (Å²) in [7, 11) is 3.90. The number of nitrogens with zero attached hydrogens (tertiary/aromatic N) is 3. The Morgan fingerprint density at radius 2 is 1.58 bits per heavy atom. The Labute approximate surface area is 156 Å². The van der Waals surface area contributed by atoms with E-state index in [-0.39, 0.29) is 18.5 Å². The van der Waals surface area contributed by atoms with Gasteiger partial charge in [-0.25, -0.2) is 0 Å². The Morgan fingerprint density at radius 1 is 1.08 bits per heavy atom. The van der Waals surface area contributed by atoms with Gasteiger partial charge >= 0.3 is 7.60 Å². The Balaban J connectivity index is 3.81. The van der Waals surface area contributed by atoms with Gasteiger partial charge in [0.15, 0.2) is 0 Å². The maximum Gasteiger partial charge on any atom is 0.372 e. The topological polar surface area (TPSA) is 65.8 Å². The van der Waals surface area contributed by atoms with Crippen molar-refractivity contribution in [3.05, 3.63) is 53.1 Å². The van der Waals surface area contributed by atoms with E-state index in [1.165, 1.54) is 0 Å². The van der Waals surface area contributed by atoms with Crippen LogP contribution in [0.25, 0.3) is 5.57 Å². The first kappa shape index (κ1) is 22.0. The molecule has 0 atom stereocenters. The number of benzene rings is 1. The Bertz CT molecular complexity index is 714. The Morgan fingerprint density at radius 3 is 1.96 bits per heavy atom. The van der Waals surface area contributed by atoms with Crippen molar-refractivity contribution < 1.29 is 13.6 Å². The van der Waals surface area contributed by atoms with Crippen molar-refractivity contribution in [2.75, 3.05) is 41.4 Å². The van der Waals surface area contributed by atoms with Gasteiger partial charge < -0.3 is 18.8 Å². The number of rotatable bonds is 9. The van der Waals surface area contributed by atoms with Gasteiger partial charge in [0.25, 0.3) is 0 Å². The summed E-state index contributed by atoms with van der Waals surface area (Å²) in [4.78, 5) is 3.84. The molecule has 0 saturated carbocycles. The third kappa shape index (κ3) is 5.47. The molecule has 0 unspecified atom stereocenters. The van der Waals surface area contributed by atoms with Crippen molar-refractivity contribution in [3.63, 3.8) is 0 Å². The molecule has 142 valence electrons. The first-order valence-corrected chi connectivity index (χ1v) is 10.0. The fourth-order valence-electron chi connectivity index (χ4n) is 2.47. The SMILES string of the molecule is CCOP(=O)(OCC)/C(C#N)=C(\C=C(N(C)C)N(C)C)c1ccccc1. The van der Waals surface area contributed by atoms with Crippen LogP contribution in [-0.2, 0) is 13.6 Å². The minimum absolute atomic E-state index is 0.00796. The second-order valence-electron chi connectivity index (χ2n) is 5.86. The molecule has 0 saturated heterocycles. The molecule has 0 bridgehead atoms. The molecule has 0 N–H and O–H groups in total. The molecule has 7 heteroatoms. The number of allylic oxidation sites excluding steroid dienone is 3. The summed E-state index contributed by atoms with van der Waals surface area (Å²) in [5.41, 5.74) is 1.29. The Kier molecular flexibility index (Phi) is 8.60. The van der Waals surface area contributed by atoms with E-state index in [2.05, 4.69) is 6.07 Å². The average molecular weight is 377 g/mol. The van der Waals surface area contributed by atoms with Crippen molar-refractivity contribution in [2.45, 2.75) is 13.8 Å². The zero-order chi connectivity index (χ0) is 19.7. The fourth-order valence-corrected chi connectivity index (χ4v) is 4.09. The molecule has 0 heterocycles. The van der Waals surface area contributed by atoms with E-state index in [4.69, 9.17) is 9.05 Å². The normalized spacial score (nSPS) is 12.0. The quantitative estimate of drug-likeness (QED) is 0.366. The first-order valence-electron chi connectivity index (χ1n) is 8.46. The van der Waals surface area contributed by atoms with Gasteiger partial charge in [0.2, 0.25) is 0 Å². The predicted molar refractivity (Wildman–Crippen MR) is 105 cm³/mol. The highest BCUT2D eigenvalue weighted by atomic mass is 31.2. The van der Waals surface area contributed by atoms with Crippen LogP contribution in [-0.4, -0.2) is 51.2 Å². The van der Waals surface area contributed by atoms with Crippen LogP contribution >= 0.6 is 7.60 Å². The lowest BCUT2D eigenvalue weighted by atomic mass is 10.1. The minimum atomic E-state index is -3.73. The molecule has 0 amide bonds. The van der Waals surface area contributed by atoms with Crippen molar-refractivity contribution >= 4 is 13.2 Å². The van der Waals surface area contributed by atoms with Crippen molar-refractivity contribution in [3.8, 4) is 6.07 Å². The molecule has 0 aliphatic heterocycles. The summed E-state index contributed by atoms with van der Waals surface area (Å²) in [5, 5.41) is 9.85. The van der Waals surface area contributed by atoms with Crippen LogP contribution in [0.2, 0.25) is 0 Å². The lowest BCUT2D eigenvalue weighted by Crippen LogP contribution is -2.24. The fraction of sp³-hybridized carbons (Fsp3) is 0.421. The van der Waals surface area contributed by atoms with Crippen LogP contribution in [0.3, 0.4) is 0 Å². The smallest absolute Gasteiger partial charge is 0.364 e. The molecule has 6 nitrogen and oxygen atoms in total. The van der Waals surface area contributed by atoms with Gasteiger partial charge in [-0.15, -0.1) is 0 Å². The molecule has 0 aliphatic carbocycles. The van der Waals surface area contributed by atoms with Crippen LogP contribution in [0, 0.1) is 11.3 Å². The van der Waals surface area contributed by atoms with E-state index in [0.717, 1.165) is 11.4 Å². The number of nitriles is 1. The van der Waals surface area contributed by atoms with E-state index in [0.29, 0.717) is 5.57 Å². The third-order valence-electron chi connectivity index (χ3n) is 3.51. The molecule has 26 heavy (non-hydrogen) atoms. The van der Waals surface area contributed by atoms with Crippen molar-refractivity contribution in [1.29, 1.82) is 5.26 Å². The molecule has 0 spiro atoms. The molecule has 0 aliphatic rings. The summed E-state index contributed by atoms with van der Waals surface area (Å²) < 4.78 is 24.1.